The Kier molecular flexibility index (Phi) is 1.81. The standard InChI is InChI=1S/C10H7N3/c11-8-9-4-3-7-13(9)10-5-1-2-6-12-10/h1-7H. The molecule has 3 nitrogen and oxygen atoms in total. The second-order valence-corrected chi connectivity index (χ2v) is 2.56. The van der Waals surface area contributed by atoms with Gasteiger partial charge in [0, 0.05) is 12.4 Å². The third-order valence-corrected chi connectivity index (χ3v) is 1.76. The predicted octanol–water partition coefficient (Wildman–Crippen LogP) is 1.74. The van der Waals surface area contributed by atoms with Crippen LogP contribution in [0.15, 0.2) is 42.7 Å². The molecular weight excluding hydrogens is 162 g/mol. The van der Waals surface area contributed by atoms with Crippen molar-refractivity contribution in [3.05, 3.63) is 48.4 Å². The fourth-order valence-corrected chi connectivity index (χ4v) is 1.17. The number of hydrogen-bond acceptors (Lipinski definition) is 2. The minimum absolute atomic E-state index is 0.596. The summed E-state index contributed by atoms with van der Waals surface area (Å²) in [7, 11) is 0. The van der Waals surface area contributed by atoms with Gasteiger partial charge in [-0.05, 0) is 24.3 Å². The van der Waals surface area contributed by atoms with Gasteiger partial charge < -0.3 is 0 Å². The van der Waals surface area contributed by atoms with E-state index >= 15 is 0 Å². The highest BCUT2D eigenvalue weighted by molar-refractivity contribution is 5.33. The molecular formula is C10H7N3. The molecule has 0 saturated carbocycles. The van der Waals surface area contributed by atoms with Crippen molar-refractivity contribution in [2.45, 2.75) is 0 Å². The molecule has 0 N–H and O–H groups in total. The molecule has 2 rings (SSSR count). The van der Waals surface area contributed by atoms with Gasteiger partial charge >= 0.3 is 0 Å². The molecule has 0 fully saturated rings. The van der Waals surface area contributed by atoms with Crippen LogP contribution in [0.4, 0.5) is 0 Å². The molecule has 0 aliphatic carbocycles. The van der Waals surface area contributed by atoms with Crippen molar-refractivity contribution in [3.8, 4) is 11.9 Å². The smallest absolute Gasteiger partial charge is 0.137 e. The van der Waals surface area contributed by atoms with Gasteiger partial charge in [0.15, 0.2) is 0 Å². The van der Waals surface area contributed by atoms with Crippen molar-refractivity contribution in [1.82, 2.24) is 9.55 Å². The maximum Gasteiger partial charge on any atom is 0.137 e. The number of rotatable bonds is 1. The van der Waals surface area contributed by atoms with E-state index < -0.39 is 0 Å². The highest BCUT2D eigenvalue weighted by atomic mass is 15.0. The third-order valence-electron chi connectivity index (χ3n) is 1.76. The summed E-state index contributed by atoms with van der Waals surface area (Å²) >= 11 is 0. The molecule has 0 aliphatic heterocycles. The first-order valence-electron chi connectivity index (χ1n) is 3.90. The van der Waals surface area contributed by atoms with Crippen LogP contribution in [0.2, 0.25) is 0 Å². The quantitative estimate of drug-likeness (QED) is 0.652. The molecule has 0 saturated heterocycles. The highest BCUT2D eigenvalue weighted by Gasteiger charge is 2.00. The van der Waals surface area contributed by atoms with E-state index in [4.69, 9.17) is 5.26 Å². The zero-order chi connectivity index (χ0) is 9.10. The zero-order valence-electron chi connectivity index (χ0n) is 6.88. The molecule has 0 amide bonds. The largest absolute Gasteiger partial charge is 0.293 e. The molecule has 0 unspecified atom stereocenters. The van der Waals surface area contributed by atoms with Crippen LogP contribution in [-0.4, -0.2) is 9.55 Å². The van der Waals surface area contributed by atoms with Crippen LogP contribution >= 0.6 is 0 Å². The van der Waals surface area contributed by atoms with E-state index in [1.54, 1.807) is 16.8 Å². The third kappa shape index (κ3) is 1.30. The van der Waals surface area contributed by atoms with E-state index in [0.29, 0.717) is 5.69 Å². The maximum atomic E-state index is 8.77. The Morgan fingerprint density at radius 1 is 1.23 bits per heavy atom. The van der Waals surface area contributed by atoms with E-state index in [1.165, 1.54) is 0 Å². The summed E-state index contributed by atoms with van der Waals surface area (Å²) in [5, 5.41) is 8.77. The normalized spacial score (nSPS) is 9.46. The van der Waals surface area contributed by atoms with Crippen LogP contribution in [0.1, 0.15) is 5.69 Å². The molecule has 2 aromatic rings. The first kappa shape index (κ1) is 7.56. The number of pyridine rings is 1. The van der Waals surface area contributed by atoms with Crippen LogP contribution in [0.25, 0.3) is 5.82 Å². The lowest BCUT2D eigenvalue weighted by molar-refractivity contribution is 0.989. The van der Waals surface area contributed by atoms with Gasteiger partial charge in [-0.2, -0.15) is 5.26 Å². The van der Waals surface area contributed by atoms with Crippen LogP contribution in [0.5, 0.6) is 0 Å². The molecule has 0 bridgehead atoms. The van der Waals surface area contributed by atoms with Crippen molar-refractivity contribution in [2.75, 3.05) is 0 Å². The van der Waals surface area contributed by atoms with Gasteiger partial charge in [-0.3, -0.25) is 4.57 Å². The number of aromatic nitrogens is 2. The summed E-state index contributed by atoms with van der Waals surface area (Å²) in [5.74, 6) is 0.768. The first-order chi connectivity index (χ1) is 6.42. The van der Waals surface area contributed by atoms with Gasteiger partial charge in [0.2, 0.25) is 0 Å². The average molecular weight is 169 g/mol. The van der Waals surface area contributed by atoms with Crippen LogP contribution in [0.3, 0.4) is 0 Å². The number of hydrogen-bond donors (Lipinski definition) is 0. The summed E-state index contributed by atoms with van der Waals surface area (Å²) in [5.41, 5.74) is 0.596. The molecule has 0 aromatic carbocycles. The zero-order valence-corrected chi connectivity index (χ0v) is 6.88. The van der Waals surface area contributed by atoms with Gasteiger partial charge in [-0.25, -0.2) is 4.98 Å². The lowest BCUT2D eigenvalue weighted by atomic mass is 10.4. The molecule has 2 aromatic heterocycles. The van der Waals surface area contributed by atoms with Crippen LogP contribution in [0, 0.1) is 11.3 Å². The Bertz CT molecular complexity index is 437. The number of nitriles is 1. The Morgan fingerprint density at radius 2 is 2.15 bits per heavy atom. The second-order valence-electron chi connectivity index (χ2n) is 2.56. The summed E-state index contributed by atoms with van der Waals surface area (Å²) in [4.78, 5) is 4.14. The molecule has 0 radical (unpaired) electrons. The minimum Gasteiger partial charge on any atom is -0.293 e. The molecule has 2 heterocycles. The highest BCUT2D eigenvalue weighted by Crippen LogP contribution is 2.07. The van der Waals surface area contributed by atoms with Gasteiger partial charge in [0.1, 0.15) is 17.6 Å². The summed E-state index contributed by atoms with van der Waals surface area (Å²) in [6.07, 6.45) is 3.53. The molecule has 0 atom stereocenters. The van der Waals surface area contributed by atoms with E-state index in [9.17, 15) is 0 Å². The fourth-order valence-electron chi connectivity index (χ4n) is 1.17. The van der Waals surface area contributed by atoms with E-state index in [2.05, 4.69) is 11.1 Å². The lowest BCUT2D eigenvalue weighted by Gasteiger charge is -2.01. The van der Waals surface area contributed by atoms with Crippen molar-refractivity contribution in [3.63, 3.8) is 0 Å². The Balaban J connectivity index is 2.54. The topological polar surface area (TPSA) is 41.6 Å². The lowest BCUT2D eigenvalue weighted by Crippen LogP contribution is -1.96. The number of nitrogens with zero attached hydrogens (tertiary/aromatic N) is 3. The van der Waals surface area contributed by atoms with Gasteiger partial charge in [0.05, 0.1) is 0 Å². The molecule has 62 valence electrons. The van der Waals surface area contributed by atoms with Crippen LogP contribution < -0.4 is 0 Å². The van der Waals surface area contributed by atoms with E-state index in [-0.39, 0.29) is 0 Å². The summed E-state index contributed by atoms with van der Waals surface area (Å²) < 4.78 is 1.75. The summed E-state index contributed by atoms with van der Waals surface area (Å²) in [6, 6.07) is 11.3. The SMILES string of the molecule is N#Cc1cccn1-c1ccccn1. The molecule has 13 heavy (non-hydrogen) atoms. The van der Waals surface area contributed by atoms with Crippen molar-refractivity contribution >= 4 is 0 Å². The van der Waals surface area contributed by atoms with Gasteiger partial charge in [-0.1, -0.05) is 6.07 Å². The van der Waals surface area contributed by atoms with E-state index in [1.807, 2.05) is 30.5 Å². The molecule has 0 aliphatic rings. The predicted molar refractivity (Wildman–Crippen MR) is 48.3 cm³/mol. The second kappa shape index (κ2) is 3.11. The Labute approximate surface area is 75.9 Å². The first-order valence-corrected chi connectivity index (χ1v) is 3.90. The van der Waals surface area contributed by atoms with Crippen LogP contribution in [-0.2, 0) is 0 Å². The van der Waals surface area contributed by atoms with Crippen molar-refractivity contribution in [1.29, 1.82) is 5.26 Å². The summed E-state index contributed by atoms with van der Waals surface area (Å²) in [6.45, 7) is 0. The Hall–Kier alpha value is -2.08. The van der Waals surface area contributed by atoms with Gasteiger partial charge in [-0.15, -0.1) is 0 Å². The minimum atomic E-state index is 0.596. The fraction of sp³-hybridized carbons (Fsp3) is 0. The maximum absolute atomic E-state index is 8.77. The monoisotopic (exact) mass is 169 g/mol. The van der Waals surface area contributed by atoms with Gasteiger partial charge in [0.25, 0.3) is 0 Å². The molecule has 3 heteroatoms. The van der Waals surface area contributed by atoms with Crippen molar-refractivity contribution in [2.24, 2.45) is 0 Å². The van der Waals surface area contributed by atoms with Crippen molar-refractivity contribution < 1.29 is 0 Å². The average Bonchev–Trinajstić information content (AvgIpc) is 2.67. The van der Waals surface area contributed by atoms with E-state index in [0.717, 1.165) is 5.82 Å². The molecule has 0 spiro atoms. The Morgan fingerprint density at radius 3 is 2.85 bits per heavy atom.